The summed E-state index contributed by atoms with van der Waals surface area (Å²) in [5.41, 5.74) is 0.0217. The van der Waals surface area contributed by atoms with Gasteiger partial charge in [-0.1, -0.05) is 27.7 Å². The van der Waals surface area contributed by atoms with Crippen LogP contribution in [0.15, 0.2) is 25.5 Å². The van der Waals surface area contributed by atoms with Crippen LogP contribution in [0.3, 0.4) is 0 Å². The molecule has 0 atom stereocenters. The molecule has 2 bridgehead atoms. The number of nitrogens with zero attached hydrogens (tertiary/aromatic N) is 8. The Bertz CT molecular complexity index is 2050. The van der Waals surface area contributed by atoms with Crippen LogP contribution in [0.5, 0.6) is 0 Å². The predicted octanol–water partition coefficient (Wildman–Crippen LogP) is 3.21. The molecule has 4 aromatic heterocycles. The lowest BCUT2D eigenvalue weighted by molar-refractivity contribution is -0.322. The molecule has 0 radical (unpaired) electrons. The first-order valence-electron chi connectivity index (χ1n) is 18.7. The van der Waals surface area contributed by atoms with Crippen molar-refractivity contribution in [2.45, 2.75) is 149 Å². The maximum Gasteiger partial charge on any atom is 0.332 e. The fourth-order valence-electron chi connectivity index (χ4n) is 7.96. The van der Waals surface area contributed by atoms with Gasteiger partial charge in [-0.2, -0.15) is 0 Å². The number of likely N-dealkylation sites (tertiary alicyclic amines) is 1. The second-order valence-electron chi connectivity index (χ2n) is 14.2. The van der Waals surface area contributed by atoms with Gasteiger partial charge in [-0.25, -0.2) is 19.6 Å². The van der Waals surface area contributed by atoms with E-state index in [0.29, 0.717) is 80.3 Å². The molecule has 50 heavy (non-hydrogen) atoms. The van der Waals surface area contributed by atoms with Crippen molar-refractivity contribution < 1.29 is 9.84 Å². The van der Waals surface area contributed by atoms with E-state index in [9.17, 15) is 24.3 Å². The third-order valence-corrected chi connectivity index (χ3v) is 10.3. The van der Waals surface area contributed by atoms with Crippen LogP contribution in [0, 0.1) is 0 Å². The van der Waals surface area contributed by atoms with Gasteiger partial charge in [0.05, 0.1) is 13.0 Å². The summed E-state index contributed by atoms with van der Waals surface area (Å²) in [7, 11) is 0. The van der Waals surface area contributed by atoms with E-state index in [4.69, 9.17) is 4.74 Å². The summed E-state index contributed by atoms with van der Waals surface area (Å²) >= 11 is 0. The molecule has 0 spiro atoms. The number of H-pyrrole nitrogens is 1. The van der Waals surface area contributed by atoms with Crippen LogP contribution in [0.1, 0.15) is 111 Å². The van der Waals surface area contributed by atoms with Crippen LogP contribution in [-0.2, 0) is 43.2 Å². The van der Waals surface area contributed by atoms with Gasteiger partial charge < -0.3 is 19.4 Å². The Hall–Kier alpha value is -3.82. The molecule has 0 unspecified atom stereocenters. The monoisotopic (exact) mass is 695 g/mol. The van der Waals surface area contributed by atoms with Crippen molar-refractivity contribution in [3.63, 3.8) is 0 Å². The normalized spacial score (nSPS) is 22.3. The number of hydrogen-bond acceptors (Lipinski definition) is 9. The topological polar surface area (TPSA) is 167 Å². The van der Waals surface area contributed by atoms with Crippen LogP contribution in [0.4, 0.5) is 0 Å². The van der Waals surface area contributed by atoms with E-state index in [0.717, 1.165) is 58.0 Å². The SMILES string of the molecule is CCCn1c(=O)c2[nH]c(C34CCCC(O)(CCC3)O4)nc2n(CCC)c1=O.CCCn1c(=O)c2c(ncn2CN2CCCC2)n(CCC)c1=O. The van der Waals surface area contributed by atoms with E-state index in [1.165, 1.54) is 22.0 Å². The van der Waals surface area contributed by atoms with E-state index >= 15 is 0 Å². The molecule has 3 aliphatic heterocycles. The van der Waals surface area contributed by atoms with Crippen molar-refractivity contribution in [3.8, 4) is 0 Å². The second-order valence-corrected chi connectivity index (χ2v) is 14.2. The lowest BCUT2D eigenvalue weighted by Crippen LogP contribution is -2.50. The van der Waals surface area contributed by atoms with Gasteiger partial charge in [0.1, 0.15) is 16.9 Å². The molecular formula is C35H53N9O6. The van der Waals surface area contributed by atoms with Gasteiger partial charge in [-0.15, -0.1) is 0 Å². The van der Waals surface area contributed by atoms with Crippen LogP contribution >= 0.6 is 0 Å². The number of imidazole rings is 2. The van der Waals surface area contributed by atoms with Gasteiger partial charge in [0, 0.05) is 39.0 Å². The summed E-state index contributed by atoms with van der Waals surface area (Å²) < 4.78 is 13.9. The minimum Gasteiger partial charge on any atom is -0.365 e. The van der Waals surface area contributed by atoms with Crippen molar-refractivity contribution >= 4 is 22.3 Å². The van der Waals surface area contributed by atoms with Crippen molar-refractivity contribution in [1.82, 2.24) is 42.7 Å². The lowest BCUT2D eigenvalue weighted by Gasteiger charge is -2.48. The standard InChI is InChI=1S/C19H28N4O4.C16H25N5O2/c1-3-11-22-14-13(15(24)23(12-4-2)17(22)25)20-16(21-14)18-7-5-9-19(26,27-18)10-6-8-18;1-3-7-20-14-13(15(22)21(8-4-2)16(20)23)19(11-17-14)12-18-9-5-6-10-18/h26H,3-12H2,1-2H3,(H,20,21);11H,3-10,12H2,1-2H3. The zero-order valence-corrected chi connectivity index (χ0v) is 30.1. The van der Waals surface area contributed by atoms with E-state index < -0.39 is 11.4 Å². The van der Waals surface area contributed by atoms with Gasteiger partial charge in [-0.05, 0) is 77.3 Å². The van der Waals surface area contributed by atoms with Crippen molar-refractivity contribution in [2.24, 2.45) is 0 Å². The smallest absolute Gasteiger partial charge is 0.332 e. The summed E-state index contributed by atoms with van der Waals surface area (Å²) in [6.45, 7) is 12.6. The Kier molecular flexibility index (Phi) is 10.7. The Morgan fingerprint density at radius 1 is 0.740 bits per heavy atom. The van der Waals surface area contributed by atoms with Gasteiger partial charge in [0.15, 0.2) is 22.6 Å². The number of nitrogens with one attached hydrogen (secondary N) is 1. The molecule has 7 rings (SSSR count). The molecule has 274 valence electrons. The molecule has 3 aliphatic rings. The minimum absolute atomic E-state index is 0.212. The van der Waals surface area contributed by atoms with Crippen LogP contribution in [0.2, 0.25) is 0 Å². The number of aromatic nitrogens is 8. The average molecular weight is 696 g/mol. The van der Waals surface area contributed by atoms with Crippen LogP contribution in [-0.4, -0.2) is 66.7 Å². The molecule has 4 aromatic rings. The number of aromatic amines is 1. The summed E-state index contributed by atoms with van der Waals surface area (Å²) in [6, 6.07) is 0. The maximum absolute atomic E-state index is 12.9. The molecule has 0 saturated carbocycles. The fourth-order valence-corrected chi connectivity index (χ4v) is 7.96. The number of ether oxygens (including phenoxy) is 1. The number of rotatable bonds is 11. The predicted molar refractivity (Wildman–Crippen MR) is 190 cm³/mol. The van der Waals surface area contributed by atoms with Gasteiger partial charge in [0.2, 0.25) is 0 Å². The van der Waals surface area contributed by atoms with E-state index in [1.807, 2.05) is 32.3 Å². The summed E-state index contributed by atoms with van der Waals surface area (Å²) in [6.07, 6.45) is 11.6. The molecule has 0 aliphatic carbocycles. The largest absolute Gasteiger partial charge is 0.365 e. The molecular weight excluding hydrogens is 642 g/mol. The Labute approximate surface area is 290 Å². The fraction of sp³-hybridized carbons (Fsp3) is 0.714. The van der Waals surface area contributed by atoms with Crippen LogP contribution in [0.25, 0.3) is 22.3 Å². The van der Waals surface area contributed by atoms with Crippen molar-refractivity contribution in [2.75, 3.05) is 13.1 Å². The third-order valence-electron chi connectivity index (χ3n) is 10.3. The first-order valence-corrected chi connectivity index (χ1v) is 18.7. The lowest BCUT2D eigenvalue weighted by atomic mass is 9.79. The quantitative estimate of drug-likeness (QED) is 0.240. The number of hydrogen-bond donors (Lipinski definition) is 2. The van der Waals surface area contributed by atoms with Crippen LogP contribution < -0.4 is 22.5 Å². The summed E-state index contributed by atoms with van der Waals surface area (Å²) in [5.74, 6) is -0.549. The highest BCUT2D eigenvalue weighted by molar-refractivity contribution is 5.70. The second kappa shape index (κ2) is 14.8. The maximum atomic E-state index is 12.9. The zero-order chi connectivity index (χ0) is 35.6. The third kappa shape index (κ3) is 6.55. The molecule has 3 saturated heterocycles. The Morgan fingerprint density at radius 2 is 1.28 bits per heavy atom. The zero-order valence-electron chi connectivity index (χ0n) is 30.1. The molecule has 2 N–H and O–H groups in total. The number of aryl methyl sites for hydroxylation is 2. The molecule has 0 aromatic carbocycles. The first-order chi connectivity index (χ1) is 24.1. The average Bonchev–Trinajstić information content (AvgIpc) is 3.87. The molecule has 15 nitrogen and oxygen atoms in total. The van der Waals surface area contributed by atoms with E-state index in [2.05, 4.69) is 19.9 Å². The minimum atomic E-state index is -1.11. The molecule has 0 amide bonds. The van der Waals surface area contributed by atoms with Crippen molar-refractivity contribution in [1.29, 1.82) is 0 Å². The van der Waals surface area contributed by atoms with Crippen molar-refractivity contribution in [3.05, 3.63) is 53.8 Å². The Balaban J connectivity index is 0.000000175. The van der Waals surface area contributed by atoms with Gasteiger partial charge >= 0.3 is 11.4 Å². The Morgan fingerprint density at radius 3 is 1.86 bits per heavy atom. The van der Waals surface area contributed by atoms with Gasteiger partial charge in [-0.3, -0.25) is 32.8 Å². The van der Waals surface area contributed by atoms with Gasteiger partial charge in [0.25, 0.3) is 11.1 Å². The molecule has 7 heterocycles. The number of aliphatic hydroxyl groups is 1. The molecule has 15 heteroatoms. The highest BCUT2D eigenvalue weighted by Crippen LogP contribution is 2.49. The molecule has 3 fully saturated rings. The highest BCUT2D eigenvalue weighted by atomic mass is 16.6. The number of fused-ring (bicyclic) bond motifs is 4. The summed E-state index contributed by atoms with van der Waals surface area (Å²) in [4.78, 5) is 65.7. The first kappa shape index (κ1) is 36.0. The van der Waals surface area contributed by atoms with E-state index in [1.54, 1.807) is 15.5 Å². The van der Waals surface area contributed by atoms with E-state index in [-0.39, 0.29) is 22.5 Å². The highest BCUT2D eigenvalue weighted by Gasteiger charge is 2.50. The summed E-state index contributed by atoms with van der Waals surface area (Å²) in [5, 5.41) is 10.7.